The van der Waals surface area contributed by atoms with Crippen molar-refractivity contribution in [3.63, 3.8) is 0 Å². The quantitative estimate of drug-likeness (QED) is 0.605. The van der Waals surface area contributed by atoms with Crippen LogP contribution in [0.2, 0.25) is 0 Å². The molecule has 0 unspecified atom stereocenters. The Hall–Kier alpha value is -1.46. The van der Waals surface area contributed by atoms with Crippen LogP contribution < -0.4 is 4.90 Å². The first-order valence-corrected chi connectivity index (χ1v) is 7.33. The van der Waals surface area contributed by atoms with Gasteiger partial charge in [-0.25, -0.2) is 0 Å². The summed E-state index contributed by atoms with van der Waals surface area (Å²) in [6, 6.07) is 0. The van der Waals surface area contributed by atoms with Crippen molar-refractivity contribution < 1.29 is 0 Å². The summed E-state index contributed by atoms with van der Waals surface area (Å²) >= 11 is 0.224. The number of hydrogen-bond donors (Lipinski definition) is 0. The van der Waals surface area contributed by atoms with Crippen molar-refractivity contribution in [2.75, 3.05) is 18.0 Å². The molecule has 0 atom stereocenters. The Labute approximate surface area is 103 Å². The molecule has 1 aliphatic heterocycles. The molecule has 0 N–H and O–H groups in total. The number of anilines is 1. The predicted molar refractivity (Wildman–Crippen MR) is 64.5 cm³/mol. The molecular formula is C10H10N6Se. The van der Waals surface area contributed by atoms with Gasteiger partial charge < -0.3 is 0 Å². The molecule has 17 heavy (non-hydrogen) atoms. The van der Waals surface area contributed by atoms with E-state index >= 15 is 0 Å². The van der Waals surface area contributed by atoms with E-state index in [0.717, 1.165) is 24.4 Å². The van der Waals surface area contributed by atoms with Crippen molar-refractivity contribution in [1.29, 1.82) is 0 Å². The summed E-state index contributed by atoms with van der Waals surface area (Å²) in [7, 11) is 0. The van der Waals surface area contributed by atoms with Gasteiger partial charge in [-0.1, -0.05) is 0 Å². The van der Waals surface area contributed by atoms with E-state index in [1.165, 1.54) is 21.8 Å². The summed E-state index contributed by atoms with van der Waals surface area (Å²) in [5.74, 6) is 0. The predicted octanol–water partition coefficient (Wildman–Crippen LogP) is 0.330. The van der Waals surface area contributed by atoms with Crippen molar-refractivity contribution in [3.05, 3.63) is 12.7 Å². The van der Waals surface area contributed by atoms with E-state index in [1.54, 1.807) is 17.2 Å². The van der Waals surface area contributed by atoms with E-state index < -0.39 is 0 Å². The molecule has 3 aromatic rings. The molecule has 3 aromatic heterocycles. The van der Waals surface area contributed by atoms with Gasteiger partial charge in [-0.15, -0.1) is 0 Å². The Kier molecular flexibility index (Phi) is 1.98. The van der Waals surface area contributed by atoms with Gasteiger partial charge in [-0.3, -0.25) is 0 Å². The average molecular weight is 293 g/mol. The minimum atomic E-state index is 0.224. The first kappa shape index (κ1) is 9.56. The molecule has 86 valence electrons. The second-order valence-electron chi connectivity index (χ2n) is 4.12. The fraction of sp³-hybridized carbons (Fsp3) is 0.400. The van der Waals surface area contributed by atoms with Crippen LogP contribution in [-0.2, 0) is 0 Å². The SMILES string of the molecule is c1nc2c3[se]c(N4CCCC4)nc3ncn2n1. The molecule has 0 saturated carbocycles. The van der Waals surface area contributed by atoms with Crippen LogP contribution in [0.5, 0.6) is 0 Å². The van der Waals surface area contributed by atoms with Gasteiger partial charge in [0.2, 0.25) is 0 Å². The molecule has 0 amide bonds. The van der Waals surface area contributed by atoms with Gasteiger partial charge in [0.05, 0.1) is 0 Å². The van der Waals surface area contributed by atoms with Crippen LogP contribution in [0.1, 0.15) is 12.8 Å². The molecule has 0 bridgehead atoms. The zero-order valence-corrected chi connectivity index (χ0v) is 10.8. The van der Waals surface area contributed by atoms with Crippen LogP contribution in [-0.4, -0.2) is 52.2 Å². The molecule has 7 heteroatoms. The van der Waals surface area contributed by atoms with Crippen molar-refractivity contribution >= 4 is 34.7 Å². The summed E-state index contributed by atoms with van der Waals surface area (Å²) in [6.45, 7) is 2.27. The molecule has 1 saturated heterocycles. The molecule has 0 aliphatic carbocycles. The minimum absolute atomic E-state index is 0.224. The average Bonchev–Trinajstić information content (AvgIpc) is 3.08. The maximum atomic E-state index is 4.64. The third-order valence-corrected chi connectivity index (χ3v) is 5.35. The second-order valence-corrected chi connectivity index (χ2v) is 6.17. The zero-order chi connectivity index (χ0) is 11.2. The van der Waals surface area contributed by atoms with Gasteiger partial charge in [0, 0.05) is 0 Å². The molecule has 4 heterocycles. The standard InChI is InChI=1S/C10H10N6Se/c1-2-4-15(3-1)10-14-8-7(17-10)9-11-5-13-16(9)6-12-8/h5-6H,1-4H2. The number of rotatable bonds is 1. The van der Waals surface area contributed by atoms with E-state index in [0.29, 0.717) is 0 Å². The molecule has 0 radical (unpaired) electrons. The molecule has 0 aromatic carbocycles. The maximum absolute atomic E-state index is 4.64. The van der Waals surface area contributed by atoms with Crippen molar-refractivity contribution in [3.8, 4) is 0 Å². The first-order valence-electron chi connectivity index (χ1n) is 5.62. The number of nitrogens with zero attached hydrogens (tertiary/aromatic N) is 6. The van der Waals surface area contributed by atoms with Crippen molar-refractivity contribution in [1.82, 2.24) is 24.6 Å². The molecule has 1 aliphatic rings. The van der Waals surface area contributed by atoms with Gasteiger partial charge in [-0.2, -0.15) is 0 Å². The third kappa shape index (κ3) is 1.39. The second kappa shape index (κ2) is 3.51. The van der Waals surface area contributed by atoms with Gasteiger partial charge in [0.15, 0.2) is 0 Å². The topological polar surface area (TPSA) is 59.2 Å². The van der Waals surface area contributed by atoms with Crippen molar-refractivity contribution in [2.24, 2.45) is 0 Å². The monoisotopic (exact) mass is 294 g/mol. The van der Waals surface area contributed by atoms with Gasteiger partial charge in [0.25, 0.3) is 0 Å². The summed E-state index contributed by atoms with van der Waals surface area (Å²) in [5.41, 5.74) is 1.75. The van der Waals surface area contributed by atoms with Crippen LogP contribution in [0, 0.1) is 0 Å². The summed E-state index contributed by atoms with van der Waals surface area (Å²) in [5, 5.41) is 4.11. The number of hydrogen-bond acceptors (Lipinski definition) is 5. The van der Waals surface area contributed by atoms with E-state index in [2.05, 4.69) is 25.0 Å². The Bertz CT molecular complexity index is 680. The molecule has 0 spiro atoms. The van der Waals surface area contributed by atoms with Crippen molar-refractivity contribution in [2.45, 2.75) is 12.8 Å². The number of fused-ring (bicyclic) bond motifs is 3. The summed E-state index contributed by atoms with van der Waals surface area (Å²) in [6.07, 6.45) is 5.81. The molecule has 4 rings (SSSR count). The van der Waals surface area contributed by atoms with Gasteiger partial charge in [0.1, 0.15) is 0 Å². The molecule has 6 nitrogen and oxygen atoms in total. The first-order chi connectivity index (χ1) is 8.42. The van der Waals surface area contributed by atoms with Crippen LogP contribution in [0.15, 0.2) is 12.7 Å². The molecule has 1 fully saturated rings. The Morgan fingerprint density at radius 2 is 2.06 bits per heavy atom. The van der Waals surface area contributed by atoms with Crippen LogP contribution in [0.3, 0.4) is 0 Å². The summed E-state index contributed by atoms with van der Waals surface area (Å²) < 4.78 is 4.09. The molecular weight excluding hydrogens is 283 g/mol. The number of aromatic nitrogens is 5. The zero-order valence-electron chi connectivity index (χ0n) is 9.07. The van der Waals surface area contributed by atoms with Crippen LogP contribution >= 0.6 is 0 Å². The third-order valence-electron chi connectivity index (χ3n) is 3.04. The Balaban J connectivity index is 1.95. The van der Waals surface area contributed by atoms with E-state index in [-0.39, 0.29) is 14.5 Å². The normalized spacial score (nSPS) is 16.4. The Morgan fingerprint density at radius 1 is 1.18 bits per heavy atom. The van der Waals surface area contributed by atoms with Gasteiger partial charge in [-0.05, 0) is 0 Å². The van der Waals surface area contributed by atoms with E-state index in [4.69, 9.17) is 0 Å². The van der Waals surface area contributed by atoms with E-state index in [9.17, 15) is 0 Å². The van der Waals surface area contributed by atoms with Crippen LogP contribution in [0.4, 0.5) is 4.69 Å². The summed E-state index contributed by atoms with van der Waals surface area (Å²) in [4.78, 5) is 15.7. The van der Waals surface area contributed by atoms with Gasteiger partial charge >= 0.3 is 103 Å². The fourth-order valence-electron chi connectivity index (χ4n) is 2.18. The Morgan fingerprint density at radius 3 is 2.94 bits per heavy atom. The van der Waals surface area contributed by atoms with Crippen LogP contribution in [0.25, 0.3) is 15.6 Å². The van der Waals surface area contributed by atoms with E-state index in [1.807, 2.05) is 0 Å². The fourth-order valence-corrected chi connectivity index (χ4v) is 4.39.